The molecule has 0 unspecified atom stereocenters. The number of aliphatic carboxylic acids is 1. The van der Waals surface area contributed by atoms with Crippen molar-refractivity contribution in [2.24, 2.45) is 0 Å². The third kappa shape index (κ3) is 2.84. The van der Waals surface area contributed by atoms with Crippen molar-refractivity contribution >= 4 is 23.2 Å². The van der Waals surface area contributed by atoms with E-state index in [0.717, 1.165) is 32.1 Å². The van der Waals surface area contributed by atoms with Crippen LogP contribution < -0.4 is 5.32 Å². The lowest BCUT2D eigenvalue weighted by atomic mass is 9.81. The Morgan fingerprint density at radius 1 is 1.10 bits per heavy atom. The second-order valence-corrected chi connectivity index (χ2v) is 7.30. The van der Waals surface area contributed by atoms with E-state index in [0.29, 0.717) is 17.7 Å². The van der Waals surface area contributed by atoms with Gasteiger partial charge >= 0.3 is 5.97 Å². The molecule has 0 aliphatic heterocycles. The fourth-order valence-corrected chi connectivity index (χ4v) is 4.58. The Morgan fingerprint density at radius 3 is 2.48 bits per heavy atom. The highest BCUT2D eigenvalue weighted by molar-refractivity contribution is 7.14. The summed E-state index contributed by atoms with van der Waals surface area (Å²) >= 11 is 1.54. The Labute approximate surface area is 128 Å². The Hall–Kier alpha value is -1.36. The van der Waals surface area contributed by atoms with Crippen molar-refractivity contribution < 1.29 is 14.7 Å². The van der Waals surface area contributed by atoms with Gasteiger partial charge in [0.1, 0.15) is 5.54 Å². The molecule has 21 heavy (non-hydrogen) atoms. The van der Waals surface area contributed by atoms with E-state index in [-0.39, 0.29) is 5.91 Å². The van der Waals surface area contributed by atoms with E-state index >= 15 is 0 Å². The summed E-state index contributed by atoms with van der Waals surface area (Å²) in [6.45, 7) is 0. The van der Waals surface area contributed by atoms with Gasteiger partial charge in [-0.3, -0.25) is 4.79 Å². The van der Waals surface area contributed by atoms with E-state index < -0.39 is 11.5 Å². The number of carbonyl (C=O) groups is 2. The average Bonchev–Trinajstić information content (AvgIpc) is 2.92. The largest absolute Gasteiger partial charge is 0.480 e. The molecular weight excluding hydrogens is 286 g/mol. The Bertz CT molecular complexity index is 534. The van der Waals surface area contributed by atoms with Crippen LogP contribution in [0.15, 0.2) is 6.07 Å². The minimum atomic E-state index is -1.06. The zero-order valence-electron chi connectivity index (χ0n) is 12.1. The van der Waals surface area contributed by atoms with Gasteiger partial charge in [0.05, 0.1) is 4.88 Å². The summed E-state index contributed by atoms with van der Waals surface area (Å²) in [7, 11) is 0. The molecule has 1 amide bonds. The summed E-state index contributed by atoms with van der Waals surface area (Å²) in [5.41, 5.74) is 0.226. The Kier molecular flexibility index (Phi) is 4.02. The van der Waals surface area contributed by atoms with Gasteiger partial charge in [0, 0.05) is 4.88 Å². The van der Waals surface area contributed by atoms with E-state index in [1.165, 1.54) is 34.6 Å². The molecule has 0 atom stereocenters. The van der Waals surface area contributed by atoms with Crippen molar-refractivity contribution in [3.8, 4) is 0 Å². The first kappa shape index (κ1) is 14.6. The fourth-order valence-electron chi connectivity index (χ4n) is 3.43. The van der Waals surface area contributed by atoms with Crippen LogP contribution in [0.4, 0.5) is 0 Å². The van der Waals surface area contributed by atoms with Gasteiger partial charge in [0.25, 0.3) is 5.91 Å². The number of nitrogens with one attached hydrogen (secondary N) is 1. The minimum Gasteiger partial charge on any atom is -0.480 e. The molecule has 1 aromatic heterocycles. The molecule has 1 fully saturated rings. The van der Waals surface area contributed by atoms with Crippen molar-refractivity contribution in [2.75, 3.05) is 0 Å². The van der Waals surface area contributed by atoms with Gasteiger partial charge in [-0.2, -0.15) is 0 Å². The highest BCUT2D eigenvalue weighted by Crippen LogP contribution is 2.32. The van der Waals surface area contributed by atoms with Gasteiger partial charge in [-0.15, -0.1) is 11.3 Å². The summed E-state index contributed by atoms with van der Waals surface area (Å²) in [6.07, 6.45) is 8.34. The molecule has 1 saturated carbocycles. The van der Waals surface area contributed by atoms with Crippen LogP contribution in [0.5, 0.6) is 0 Å². The van der Waals surface area contributed by atoms with Gasteiger partial charge in [-0.05, 0) is 50.2 Å². The van der Waals surface area contributed by atoms with Crippen LogP contribution >= 0.6 is 11.3 Å². The molecule has 3 rings (SSSR count). The lowest BCUT2D eigenvalue weighted by molar-refractivity contribution is -0.145. The topological polar surface area (TPSA) is 66.4 Å². The third-order valence-electron chi connectivity index (χ3n) is 4.69. The lowest BCUT2D eigenvalue weighted by Gasteiger charge is -2.33. The van der Waals surface area contributed by atoms with Crippen LogP contribution in [0.1, 0.15) is 65.1 Å². The molecule has 0 spiro atoms. The number of carboxylic acid groups (broad SMARTS) is 1. The molecule has 114 valence electrons. The van der Waals surface area contributed by atoms with Gasteiger partial charge < -0.3 is 10.4 Å². The summed E-state index contributed by atoms with van der Waals surface area (Å²) in [6, 6.07) is 1.97. The van der Waals surface area contributed by atoms with E-state index in [4.69, 9.17) is 0 Å². The molecule has 0 aromatic carbocycles. The number of carboxylic acids is 1. The third-order valence-corrected chi connectivity index (χ3v) is 5.93. The number of carbonyl (C=O) groups excluding carboxylic acids is 1. The van der Waals surface area contributed by atoms with E-state index in [9.17, 15) is 14.7 Å². The number of thiophene rings is 1. The molecule has 1 heterocycles. The first-order chi connectivity index (χ1) is 10.1. The Morgan fingerprint density at radius 2 is 1.81 bits per heavy atom. The van der Waals surface area contributed by atoms with E-state index in [1.807, 2.05) is 6.07 Å². The van der Waals surface area contributed by atoms with Crippen LogP contribution in [0, 0.1) is 0 Å². The highest BCUT2D eigenvalue weighted by Gasteiger charge is 2.41. The second kappa shape index (κ2) is 5.79. The van der Waals surface area contributed by atoms with Crippen molar-refractivity contribution in [2.45, 2.75) is 63.3 Å². The highest BCUT2D eigenvalue weighted by atomic mass is 32.1. The molecule has 2 aliphatic carbocycles. The molecule has 4 nitrogen and oxygen atoms in total. The molecular formula is C16H21NO3S. The first-order valence-electron chi connectivity index (χ1n) is 7.78. The molecule has 2 N–H and O–H groups in total. The zero-order chi connectivity index (χ0) is 14.9. The predicted octanol–water partition coefficient (Wildman–Crippen LogP) is 3.14. The summed E-state index contributed by atoms with van der Waals surface area (Å²) in [4.78, 5) is 26.1. The predicted molar refractivity (Wildman–Crippen MR) is 81.9 cm³/mol. The van der Waals surface area contributed by atoms with Crippen molar-refractivity contribution in [1.82, 2.24) is 5.32 Å². The molecule has 5 heteroatoms. The number of amides is 1. The monoisotopic (exact) mass is 307 g/mol. The SMILES string of the molecule is O=C(NC1(C(=O)O)CCCCC1)c1cc2c(s1)CCCC2. The fraction of sp³-hybridized carbons (Fsp3) is 0.625. The second-order valence-electron chi connectivity index (χ2n) is 6.17. The van der Waals surface area contributed by atoms with E-state index in [2.05, 4.69) is 5.32 Å². The van der Waals surface area contributed by atoms with Crippen LogP contribution in [0.2, 0.25) is 0 Å². The van der Waals surface area contributed by atoms with Crippen LogP contribution in [-0.4, -0.2) is 22.5 Å². The number of hydrogen-bond donors (Lipinski definition) is 2. The number of rotatable bonds is 3. The maximum atomic E-state index is 12.5. The smallest absolute Gasteiger partial charge is 0.329 e. The van der Waals surface area contributed by atoms with Crippen LogP contribution in [0.25, 0.3) is 0 Å². The van der Waals surface area contributed by atoms with Crippen LogP contribution in [0.3, 0.4) is 0 Å². The molecule has 0 bridgehead atoms. The Balaban J connectivity index is 1.78. The summed E-state index contributed by atoms with van der Waals surface area (Å²) in [5, 5.41) is 12.4. The maximum Gasteiger partial charge on any atom is 0.329 e. The molecule has 1 aromatic rings. The standard InChI is InChI=1S/C16H21NO3S/c18-14(13-10-11-6-2-3-7-12(11)21-13)17-16(15(19)20)8-4-1-5-9-16/h10H,1-9H2,(H,17,18)(H,19,20). The number of fused-ring (bicyclic) bond motifs is 1. The van der Waals surface area contributed by atoms with Crippen molar-refractivity contribution in [3.05, 3.63) is 21.4 Å². The normalized spacial score (nSPS) is 20.6. The van der Waals surface area contributed by atoms with Gasteiger partial charge in [0.2, 0.25) is 0 Å². The number of aryl methyl sites for hydroxylation is 2. The maximum absolute atomic E-state index is 12.5. The lowest BCUT2D eigenvalue weighted by Crippen LogP contribution is -2.55. The summed E-state index contributed by atoms with van der Waals surface area (Å²) < 4.78 is 0. The van der Waals surface area contributed by atoms with Gasteiger partial charge in [-0.1, -0.05) is 19.3 Å². The van der Waals surface area contributed by atoms with Crippen molar-refractivity contribution in [3.63, 3.8) is 0 Å². The molecule has 0 radical (unpaired) electrons. The van der Waals surface area contributed by atoms with Gasteiger partial charge in [-0.25, -0.2) is 4.79 Å². The van der Waals surface area contributed by atoms with Crippen LogP contribution in [-0.2, 0) is 17.6 Å². The number of hydrogen-bond acceptors (Lipinski definition) is 3. The van der Waals surface area contributed by atoms with Gasteiger partial charge in [0.15, 0.2) is 0 Å². The van der Waals surface area contributed by atoms with E-state index in [1.54, 1.807) is 0 Å². The molecule has 2 aliphatic rings. The first-order valence-corrected chi connectivity index (χ1v) is 8.60. The average molecular weight is 307 g/mol. The summed E-state index contributed by atoms with van der Waals surface area (Å²) in [5.74, 6) is -1.10. The quantitative estimate of drug-likeness (QED) is 0.901. The zero-order valence-corrected chi connectivity index (χ0v) is 12.9. The molecule has 0 saturated heterocycles. The van der Waals surface area contributed by atoms with Crippen molar-refractivity contribution in [1.29, 1.82) is 0 Å². The minimum absolute atomic E-state index is 0.210.